The molecule has 0 bridgehead atoms. The molecule has 0 radical (unpaired) electrons. The number of halogens is 3. The number of hydrogen-bond acceptors (Lipinski definition) is 0. The van der Waals surface area contributed by atoms with Gasteiger partial charge in [-0.05, 0) is 12.0 Å². The Morgan fingerprint density at radius 3 is 2.44 bits per heavy atom. The summed E-state index contributed by atoms with van der Waals surface area (Å²) in [6.45, 7) is 0. The van der Waals surface area contributed by atoms with Crippen LogP contribution in [0.3, 0.4) is 0 Å². The zero-order valence-corrected chi connectivity index (χ0v) is 6.84. The predicted octanol–water partition coefficient (Wildman–Crippen LogP) is 3.24. The lowest BCUT2D eigenvalue weighted by molar-refractivity contribution is 1.20. The fraction of sp³-hybridized carbons (Fsp3) is 0.333. The van der Waals surface area contributed by atoms with Gasteiger partial charge in [0.15, 0.2) is 0 Å². The molecule has 0 aliphatic heterocycles. The van der Waals surface area contributed by atoms with Crippen LogP contribution in [0.2, 0.25) is 0 Å². The molecular weight excluding hydrogens is 178 g/mol. The number of alkyl halides is 1. The van der Waals surface area contributed by atoms with E-state index in [2.05, 4.69) is 0 Å². The van der Waals surface area contributed by atoms with Gasteiger partial charge in [-0.25, -0.2) is 0 Å². The summed E-state index contributed by atoms with van der Waals surface area (Å²) in [7, 11) is 0. The molecule has 0 aromatic heterocycles. The molecule has 0 N–H and O–H groups in total. The van der Waals surface area contributed by atoms with Crippen LogP contribution in [0, 0.1) is 0 Å². The Bertz CT molecular complexity index is 165. The minimum Gasteiger partial charge on any atom is -0.114 e. The third-order valence-corrected chi connectivity index (χ3v) is 2.11. The average Bonchev–Trinajstić information content (AvgIpc) is 2.13. The highest BCUT2D eigenvalue weighted by molar-refractivity contribution is 6.56. The number of hydrogen-bond donors (Lipinski definition) is 0. The summed E-state index contributed by atoms with van der Waals surface area (Å²) in [6.07, 6.45) is 4.62. The molecular formula is C6H5Cl3. The van der Waals surface area contributed by atoms with Crippen molar-refractivity contribution in [3.63, 3.8) is 0 Å². The molecule has 0 aromatic carbocycles. The molecule has 1 aliphatic carbocycles. The van der Waals surface area contributed by atoms with E-state index in [1.807, 2.05) is 12.2 Å². The molecule has 1 aliphatic rings. The van der Waals surface area contributed by atoms with Gasteiger partial charge in [-0.15, -0.1) is 11.6 Å². The van der Waals surface area contributed by atoms with Gasteiger partial charge in [0.2, 0.25) is 0 Å². The number of rotatable bonds is 0. The van der Waals surface area contributed by atoms with E-state index >= 15 is 0 Å². The van der Waals surface area contributed by atoms with Crippen LogP contribution in [0.25, 0.3) is 0 Å². The lowest BCUT2D eigenvalue weighted by Gasteiger charge is -1.99. The Balaban J connectivity index is 2.77. The van der Waals surface area contributed by atoms with Gasteiger partial charge < -0.3 is 0 Å². The summed E-state index contributed by atoms with van der Waals surface area (Å²) in [6, 6.07) is 0. The molecule has 9 heavy (non-hydrogen) atoms. The van der Waals surface area contributed by atoms with Gasteiger partial charge >= 0.3 is 0 Å². The Kier molecular flexibility index (Phi) is 2.45. The maximum Gasteiger partial charge on any atom is 0.108 e. The Morgan fingerprint density at radius 1 is 1.56 bits per heavy atom. The van der Waals surface area contributed by atoms with E-state index in [9.17, 15) is 0 Å². The van der Waals surface area contributed by atoms with Gasteiger partial charge in [0, 0.05) is 0 Å². The second-order valence-corrected chi connectivity index (χ2v) is 3.24. The number of allylic oxidation sites excluding steroid dienone is 3. The maximum absolute atomic E-state index is 5.76. The fourth-order valence-corrected chi connectivity index (χ4v) is 1.53. The minimum atomic E-state index is -0.0880. The summed E-state index contributed by atoms with van der Waals surface area (Å²) in [5.74, 6) is 0. The van der Waals surface area contributed by atoms with Crippen molar-refractivity contribution in [3.05, 3.63) is 22.2 Å². The standard InChI is InChI=1S/C6H5Cl3/c7-5-3-1-2-4(5)6(8)9/h1,3,5H,2H2/t5-/m0/s1. The molecule has 1 rings (SSSR count). The van der Waals surface area contributed by atoms with Gasteiger partial charge in [-0.2, -0.15) is 0 Å². The highest BCUT2D eigenvalue weighted by Crippen LogP contribution is 2.29. The van der Waals surface area contributed by atoms with E-state index in [1.165, 1.54) is 0 Å². The van der Waals surface area contributed by atoms with Crippen LogP contribution in [0.1, 0.15) is 6.42 Å². The Hall–Kier alpha value is 0.350. The fourth-order valence-electron chi connectivity index (χ4n) is 0.725. The van der Waals surface area contributed by atoms with Crippen LogP contribution in [0.4, 0.5) is 0 Å². The smallest absolute Gasteiger partial charge is 0.108 e. The highest BCUT2D eigenvalue weighted by atomic mass is 35.5. The molecule has 0 heterocycles. The van der Waals surface area contributed by atoms with Crippen LogP contribution < -0.4 is 0 Å². The van der Waals surface area contributed by atoms with Gasteiger partial charge in [0.1, 0.15) is 4.49 Å². The van der Waals surface area contributed by atoms with Crippen molar-refractivity contribution in [1.29, 1.82) is 0 Å². The first-order valence-electron chi connectivity index (χ1n) is 2.56. The summed E-state index contributed by atoms with van der Waals surface area (Å²) >= 11 is 16.8. The van der Waals surface area contributed by atoms with E-state index in [4.69, 9.17) is 34.8 Å². The van der Waals surface area contributed by atoms with Crippen molar-refractivity contribution in [2.24, 2.45) is 0 Å². The zero-order valence-electron chi connectivity index (χ0n) is 4.57. The highest BCUT2D eigenvalue weighted by Gasteiger charge is 2.14. The molecule has 0 saturated carbocycles. The molecule has 0 amide bonds. The van der Waals surface area contributed by atoms with Gasteiger partial charge in [-0.1, -0.05) is 35.4 Å². The third kappa shape index (κ3) is 1.64. The molecule has 50 valence electrons. The van der Waals surface area contributed by atoms with Crippen LogP contribution in [0.15, 0.2) is 22.2 Å². The van der Waals surface area contributed by atoms with Crippen molar-refractivity contribution >= 4 is 34.8 Å². The molecule has 0 fully saturated rings. The molecule has 0 saturated heterocycles. The summed E-state index contributed by atoms with van der Waals surface area (Å²) in [4.78, 5) is 0. The van der Waals surface area contributed by atoms with E-state index in [0.29, 0.717) is 4.49 Å². The van der Waals surface area contributed by atoms with Crippen molar-refractivity contribution < 1.29 is 0 Å². The quantitative estimate of drug-likeness (QED) is 0.399. The van der Waals surface area contributed by atoms with Gasteiger partial charge in [0.05, 0.1) is 5.38 Å². The van der Waals surface area contributed by atoms with Crippen LogP contribution in [-0.2, 0) is 0 Å². The van der Waals surface area contributed by atoms with Crippen molar-refractivity contribution in [2.75, 3.05) is 0 Å². The van der Waals surface area contributed by atoms with Crippen LogP contribution >= 0.6 is 34.8 Å². The summed E-state index contributed by atoms with van der Waals surface area (Å²) < 4.78 is 0.306. The molecule has 0 nitrogen and oxygen atoms in total. The Labute approximate surface area is 69.1 Å². The molecule has 0 aromatic rings. The third-order valence-electron chi connectivity index (χ3n) is 1.22. The van der Waals surface area contributed by atoms with Crippen molar-refractivity contribution in [2.45, 2.75) is 11.8 Å². The second-order valence-electron chi connectivity index (χ2n) is 1.82. The van der Waals surface area contributed by atoms with Crippen molar-refractivity contribution in [1.82, 2.24) is 0 Å². The zero-order chi connectivity index (χ0) is 6.85. The first-order valence-corrected chi connectivity index (χ1v) is 3.76. The predicted molar refractivity (Wildman–Crippen MR) is 42.1 cm³/mol. The topological polar surface area (TPSA) is 0 Å². The summed E-state index contributed by atoms with van der Waals surface area (Å²) in [5, 5.41) is -0.0880. The molecule has 0 spiro atoms. The minimum absolute atomic E-state index is 0.0880. The second kappa shape index (κ2) is 2.96. The summed E-state index contributed by atoms with van der Waals surface area (Å²) in [5.41, 5.74) is 0.903. The van der Waals surface area contributed by atoms with Crippen LogP contribution in [-0.4, -0.2) is 5.38 Å². The lowest BCUT2D eigenvalue weighted by atomic mass is 10.2. The largest absolute Gasteiger partial charge is 0.114 e. The van der Waals surface area contributed by atoms with Gasteiger partial charge in [0.25, 0.3) is 0 Å². The average molecular weight is 183 g/mol. The molecule has 0 unspecified atom stereocenters. The Morgan fingerprint density at radius 2 is 2.22 bits per heavy atom. The first-order chi connectivity index (χ1) is 4.22. The van der Waals surface area contributed by atoms with Gasteiger partial charge in [-0.3, -0.25) is 0 Å². The van der Waals surface area contributed by atoms with E-state index in [0.717, 1.165) is 12.0 Å². The lowest BCUT2D eigenvalue weighted by Crippen LogP contribution is -1.91. The maximum atomic E-state index is 5.76. The van der Waals surface area contributed by atoms with E-state index in [-0.39, 0.29) is 5.38 Å². The monoisotopic (exact) mass is 182 g/mol. The van der Waals surface area contributed by atoms with E-state index < -0.39 is 0 Å². The SMILES string of the molecule is ClC(Cl)=C1CC=C[C@@H]1Cl. The van der Waals surface area contributed by atoms with E-state index in [1.54, 1.807) is 0 Å². The van der Waals surface area contributed by atoms with Crippen LogP contribution in [0.5, 0.6) is 0 Å². The first kappa shape index (κ1) is 7.46. The molecule has 3 heteroatoms. The van der Waals surface area contributed by atoms with Crippen molar-refractivity contribution in [3.8, 4) is 0 Å². The molecule has 1 atom stereocenters. The normalized spacial score (nSPS) is 25.2.